The Hall–Kier alpha value is -3.41. The van der Waals surface area contributed by atoms with Gasteiger partial charge in [0.1, 0.15) is 0 Å². The molecule has 0 saturated heterocycles. The number of aromatic nitrogens is 2. The van der Waals surface area contributed by atoms with Crippen LogP contribution in [0, 0.1) is 6.92 Å². The lowest BCUT2D eigenvalue weighted by Gasteiger charge is -2.19. The molecule has 0 aliphatic heterocycles. The molecule has 32 heavy (non-hydrogen) atoms. The Bertz CT molecular complexity index is 1050. The molecule has 6 heteroatoms. The molecule has 0 saturated carbocycles. The first-order chi connectivity index (χ1) is 15.2. The molecule has 2 N–H and O–H groups in total. The third kappa shape index (κ3) is 6.30. The molecule has 1 heterocycles. The minimum atomic E-state index is -0.246. The summed E-state index contributed by atoms with van der Waals surface area (Å²) in [6.07, 6.45) is 3.67. The quantitative estimate of drug-likeness (QED) is 0.529. The van der Waals surface area contributed by atoms with E-state index >= 15 is 0 Å². The fourth-order valence-corrected chi connectivity index (χ4v) is 3.41. The molecule has 1 aromatic heterocycles. The SMILES string of the molecule is Cc1nn(-c2ccccc2)cc1CCCNC(=O)CNC(=O)c1ccc(C(C)(C)C)cc1. The molecule has 0 spiro atoms. The van der Waals surface area contributed by atoms with Crippen LogP contribution in [0.15, 0.2) is 60.8 Å². The second-order valence-electron chi connectivity index (χ2n) is 8.98. The summed E-state index contributed by atoms with van der Waals surface area (Å²) in [4.78, 5) is 24.4. The van der Waals surface area contributed by atoms with Crippen molar-refractivity contribution in [3.63, 3.8) is 0 Å². The standard InChI is InChI=1S/C26H32N4O2/c1-19-21(18-30(29-19)23-10-6-5-7-11-23)9-8-16-27-24(31)17-28-25(32)20-12-14-22(15-13-20)26(2,3)4/h5-7,10-15,18H,8-9,16-17H2,1-4H3,(H,27,31)(H,28,32). The van der Waals surface area contributed by atoms with Gasteiger partial charge in [0.25, 0.3) is 5.91 Å². The highest BCUT2D eigenvalue weighted by Gasteiger charge is 2.14. The maximum Gasteiger partial charge on any atom is 0.251 e. The summed E-state index contributed by atoms with van der Waals surface area (Å²) in [5.41, 5.74) is 4.93. The van der Waals surface area contributed by atoms with Crippen LogP contribution in [0.4, 0.5) is 0 Å². The molecule has 0 aliphatic carbocycles. The van der Waals surface area contributed by atoms with E-state index in [1.165, 1.54) is 0 Å². The first-order valence-corrected chi connectivity index (χ1v) is 11.0. The predicted octanol–water partition coefficient (Wildman–Crippen LogP) is 3.96. The van der Waals surface area contributed by atoms with E-state index in [2.05, 4.69) is 36.5 Å². The number of hydrogen-bond donors (Lipinski definition) is 2. The summed E-state index contributed by atoms with van der Waals surface area (Å²) in [5.74, 6) is -0.439. The fraction of sp³-hybridized carbons (Fsp3) is 0.346. The molecule has 0 radical (unpaired) electrons. The van der Waals surface area contributed by atoms with Gasteiger partial charge < -0.3 is 10.6 Å². The number of hydrogen-bond acceptors (Lipinski definition) is 3. The molecular weight excluding hydrogens is 400 g/mol. The molecule has 2 amide bonds. The van der Waals surface area contributed by atoms with Gasteiger partial charge in [-0.2, -0.15) is 5.10 Å². The zero-order valence-corrected chi connectivity index (χ0v) is 19.3. The number of para-hydroxylation sites is 1. The van der Waals surface area contributed by atoms with Crippen molar-refractivity contribution in [3.05, 3.63) is 83.2 Å². The van der Waals surface area contributed by atoms with Crippen molar-refractivity contribution < 1.29 is 9.59 Å². The van der Waals surface area contributed by atoms with Crippen molar-refractivity contribution in [2.24, 2.45) is 0 Å². The molecule has 0 unspecified atom stereocenters. The van der Waals surface area contributed by atoms with Crippen LogP contribution in [-0.2, 0) is 16.6 Å². The summed E-state index contributed by atoms with van der Waals surface area (Å²) in [6, 6.07) is 17.5. The highest BCUT2D eigenvalue weighted by Crippen LogP contribution is 2.22. The van der Waals surface area contributed by atoms with Crippen molar-refractivity contribution in [2.75, 3.05) is 13.1 Å². The van der Waals surface area contributed by atoms with E-state index in [0.717, 1.165) is 35.3 Å². The molecule has 3 aromatic rings. The van der Waals surface area contributed by atoms with Crippen LogP contribution in [0.5, 0.6) is 0 Å². The largest absolute Gasteiger partial charge is 0.355 e. The minimum Gasteiger partial charge on any atom is -0.355 e. The summed E-state index contributed by atoms with van der Waals surface area (Å²) in [5, 5.41) is 10.1. The molecule has 0 bridgehead atoms. The minimum absolute atomic E-state index is 0.0354. The Labute approximate surface area is 190 Å². The van der Waals surface area contributed by atoms with Crippen molar-refractivity contribution in [3.8, 4) is 5.69 Å². The second-order valence-corrected chi connectivity index (χ2v) is 8.98. The highest BCUT2D eigenvalue weighted by atomic mass is 16.2. The molecule has 3 rings (SSSR count). The van der Waals surface area contributed by atoms with Crippen LogP contribution in [-0.4, -0.2) is 34.7 Å². The van der Waals surface area contributed by atoms with Gasteiger partial charge in [-0.3, -0.25) is 9.59 Å². The summed E-state index contributed by atoms with van der Waals surface area (Å²) < 4.78 is 1.88. The van der Waals surface area contributed by atoms with Crippen molar-refractivity contribution in [1.82, 2.24) is 20.4 Å². The first-order valence-electron chi connectivity index (χ1n) is 11.0. The van der Waals surface area contributed by atoms with Gasteiger partial charge in [0.05, 0.1) is 17.9 Å². The number of aryl methyl sites for hydroxylation is 2. The van der Waals surface area contributed by atoms with E-state index < -0.39 is 0 Å². The number of nitrogens with one attached hydrogen (secondary N) is 2. The smallest absolute Gasteiger partial charge is 0.251 e. The van der Waals surface area contributed by atoms with E-state index in [4.69, 9.17) is 0 Å². The Balaban J connectivity index is 1.39. The molecule has 0 fully saturated rings. The summed E-state index contributed by atoms with van der Waals surface area (Å²) >= 11 is 0. The first kappa shape index (κ1) is 23.3. The van der Waals surface area contributed by atoms with E-state index in [9.17, 15) is 9.59 Å². The average Bonchev–Trinajstić information content (AvgIpc) is 3.15. The van der Waals surface area contributed by atoms with E-state index in [1.54, 1.807) is 12.1 Å². The third-order valence-corrected chi connectivity index (χ3v) is 5.39. The maximum absolute atomic E-state index is 12.3. The van der Waals surface area contributed by atoms with Gasteiger partial charge >= 0.3 is 0 Å². The van der Waals surface area contributed by atoms with Crippen LogP contribution in [0.2, 0.25) is 0 Å². The Kier molecular flexibility index (Phi) is 7.46. The van der Waals surface area contributed by atoms with Crippen LogP contribution in [0.1, 0.15) is 54.4 Å². The molecule has 0 aliphatic rings. The molecule has 2 aromatic carbocycles. The van der Waals surface area contributed by atoms with Gasteiger partial charge in [0.15, 0.2) is 0 Å². The van der Waals surface area contributed by atoms with Gasteiger partial charge in [-0.1, -0.05) is 51.1 Å². The molecular formula is C26H32N4O2. The number of carbonyl (C=O) groups excluding carboxylic acids is 2. The van der Waals surface area contributed by atoms with Gasteiger partial charge in [-0.25, -0.2) is 4.68 Å². The van der Waals surface area contributed by atoms with Crippen LogP contribution >= 0.6 is 0 Å². The van der Waals surface area contributed by atoms with Gasteiger partial charge in [0.2, 0.25) is 5.91 Å². The van der Waals surface area contributed by atoms with Crippen LogP contribution < -0.4 is 10.6 Å². The summed E-state index contributed by atoms with van der Waals surface area (Å²) in [6.45, 7) is 8.89. The molecule has 6 nitrogen and oxygen atoms in total. The second kappa shape index (κ2) is 10.3. The number of benzene rings is 2. The monoisotopic (exact) mass is 432 g/mol. The lowest BCUT2D eigenvalue weighted by molar-refractivity contribution is -0.120. The Morgan fingerprint density at radius 3 is 2.31 bits per heavy atom. The topological polar surface area (TPSA) is 76.0 Å². The fourth-order valence-electron chi connectivity index (χ4n) is 3.41. The van der Waals surface area contributed by atoms with Crippen LogP contribution in [0.3, 0.4) is 0 Å². The molecule has 0 atom stereocenters. The predicted molar refractivity (Wildman–Crippen MR) is 127 cm³/mol. The third-order valence-electron chi connectivity index (χ3n) is 5.39. The Morgan fingerprint density at radius 2 is 1.66 bits per heavy atom. The van der Waals surface area contributed by atoms with Crippen molar-refractivity contribution in [1.29, 1.82) is 0 Å². The maximum atomic E-state index is 12.3. The zero-order chi connectivity index (χ0) is 23.1. The Morgan fingerprint density at radius 1 is 0.969 bits per heavy atom. The van der Waals surface area contributed by atoms with Crippen LogP contribution in [0.25, 0.3) is 5.69 Å². The molecule has 168 valence electrons. The van der Waals surface area contributed by atoms with E-state index in [-0.39, 0.29) is 23.8 Å². The summed E-state index contributed by atoms with van der Waals surface area (Å²) in [7, 11) is 0. The van der Waals surface area contributed by atoms with E-state index in [1.807, 2.05) is 60.3 Å². The van der Waals surface area contributed by atoms with Crippen molar-refractivity contribution in [2.45, 2.75) is 46.0 Å². The van der Waals surface area contributed by atoms with Crippen molar-refractivity contribution >= 4 is 11.8 Å². The van der Waals surface area contributed by atoms with Gasteiger partial charge in [-0.15, -0.1) is 0 Å². The van der Waals surface area contributed by atoms with Gasteiger partial charge in [-0.05, 0) is 60.6 Å². The van der Waals surface area contributed by atoms with E-state index in [0.29, 0.717) is 12.1 Å². The van der Waals surface area contributed by atoms with Gasteiger partial charge in [0, 0.05) is 18.3 Å². The normalized spacial score (nSPS) is 11.2. The number of amides is 2. The lowest BCUT2D eigenvalue weighted by Crippen LogP contribution is -2.37. The number of nitrogens with zero attached hydrogens (tertiary/aromatic N) is 2. The lowest BCUT2D eigenvalue weighted by atomic mass is 9.87. The number of rotatable bonds is 8. The average molecular weight is 433 g/mol. The zero-order valence-electron chi connectivity index (χ0n) is 19.3. The number of carbonyl (C=O) groups is 2. The highest BCUT2D eigenvalue weighted by molar-refractivity contribution is 5.96.